The number of fused-ring (bicyclic) bond motifs is 1. The van der Waals surface area contributed by atoms with Crippen molar-refractivity contribution in [3.63, 3.8) is 0 Å². The summed E-state index contributed by atoms with van der Waals surface area (Å²) < 4.78 is 12.4. The Morgan fingerprint density at radius 2 is 1.71 bits per heavy atom. The Kier molecular flexibility index (Phi) is 5.65. The molecule has 1 unspecified atom stereocenters. The van der Waals surface area contributed by atoms with Crippen LogP contribution in [0.15, 0.2) is 48.5 Å². The van der Waals surface area contributed by atoms with E-state index in [4.69, 9.17) is 14.6 Å². The number of esters is 1. The van der Waals surface area contributed by atoms with Crippen LogP contribution in [0.2, 0.25) is 0 Å². The standard InChI is InChI=1S/C35H34O7/c36-27-10-12-35(40)26-18-24-7-8-28(32-31(24)34(35,33(27)42-32)11-9-23(26)13-19-1-2-19)41-30(39)17-21-4-6-22-5-3-20(16-29(37)38)14-25(22)15-21/h3-8,14-15,19,23,26,33,40H,1-2,9-13,16-18H2,(H,37,38)/t23?,26-,33-,34-,35+/m0/s1. The molecular weight excluding hydrogens is 532 g/mol. The van der Waals surface area contributed by atoms with Gasteiger partial charge in [-0.25, -0.2) is 0 Å². The fourth-order valence-electron chi connectivity index (χ4n) is 8.96. The normalized spacial score (nSPS) is 30.5. The summed E-state index contributed by atoms with van der Waals surface area (Å²) in [4.78, 5) is 37.7. The maximum atomic E-state index is 13.3. The summed E-state index contributed by atoms with van der Waals surface area (Å²) in [5, 5.41) is 23.4. The minimum absolute atomic E-state index is 0.0258. The van der Waals surface area contributed by atoms with Gasteiger partial charge in [0.2, 0.25) is 0 Å². The number of rotatable bonds is 7. The summed E-state index contributed by atoms with van der Waals surface area (Å²) in [6, 6.07) is 15.0. The molecule has 0 saturated heterocycles. The number of carbonyl (C=O) groups is 3. The van der Waals surface area contributed by atoms with Gasteiger partial charge in [0.05, 0.1) is 23.9 Å². The van der Waals surface area contributed by atoms with E-state index in [-0.39, 0.29) is 24.5 Å². The number of hydrogen-bond donors (Lipinski definition) is 2. The molecular formula is C35H34O7. The summed E-state index contributed by atoms with van der Waals surface area (Å²) >= 11 is 0. The lowest BCUT2D eigenvalue weighted by molar-refractivity contribution is -0.189. The molecule has 5 aliphatic rings. The van der Waals surface area contributed by atoms with Gasteiger partial charge in [-0.3, -0.25) is 14.4 Å². The summed E-state index contributed by atoms with van der Waals surface area (Å²) in [5.74, 6) is 0.791. The van der Waals surface area contributed by atoms with Crippen LogP contribution in [0.1, 0.15) is 67.2 Å². The molecule has 3 fully saturated rings. The molecule has 1 heterocycles. The monoisotopic (exact) mass is 566 g/mol. The fraction of sp³-hybridized carbons (Fsp3) is 0.457. The lowest BCUT2D eigenvalue weighted by Crippen LogP contribution is -2.71. The average Bonchev–Trinajstić information content (AvgIpc) is 3.69. The number of aliphatic carboxylic acids is 1. The zero-order chi connectivity index (χ0) is 28.8. The molecule has 1 spiro atoms. The molecule has 3 saturated carbocycles. The van der Waals surface area contributed by atoms with Crippen molar-refractivity contribution in [2.75, 3.05) is 0 Å². The van der Waals surface area contributed by atoms with Gasteiger partial charge in [-0.15, -0.1) is 0 Å². The minimum Gasteiger partial charge on any atom is -0.481 e. The predicted octanol–water partition coefficient (Wildman–Crippen LogP) is 5.09. The Morgan fingerprint density at radius 3 is 2.45 bits per heavy atom. The third kappa shape index (κ3) is 3.78. The Balaban J connectivity index is 1.10. The van der Waals surface area contributed by atoms with Crippen molar-refractivity contribution in [2.45, 2.75) is 81.3 Å². The maximum absolute atomic E-state index is 13.3. The smallest absolute Gasteiger partial charge is 0.315 e. The first kappa shape index (κ1) is 26.0. The first-order valence-electron chi connectivity index (χ1n) is 15.3. The number of carboxylic acids is 1. The zero-order valence-electron chi connectivity index (χ0n) is 23.4. The molecule has 3 aromatic rings. The lowest BCUT2D eigenvalue weighted by atomic mass is 9.43. The highest BCUT2D eigenvalue weighted by Crippen LogP contribution is 2.68. The highest BCUT2D eigenvalue weighted by atomic mass is 16.6. The van der Waals surface area contributed by atoms with Crippen LogP contribution in [0, 0.1) is 17.8 Å². The van der Waals surface area contributed by atoms with Crippen LogP contribution in [-0.4, -0.2) is 39.6 Å². The van der Waals surface area contributed by atoms with Crippen LogP contribution in [0.3, 0.4) is 0 Å². The minimum atomic E-state index is -0.991. The van der Waals surface area contributed by atoms with E-state index < -0.39 is 29.1 Å². The number of carboxylic acid groups (broad SMARTS) is 1. The van der Waals surface area contributed by atoms with Crippen molar-refractivity contribution >= 4 is 28.5 Å². The molecule has 2 bridgehead atoms. The number of Topliss-reactive ketones (excluding diaryl/α,β-unsaturated/α-hetero) is 1. The van der Waals surface area contributed by atoms with Crippen molar-refractivity contribution in [3.05, 3.63) is 70.8 Å². The van der Waals surface area contributed by atoms with Crippen LogP contribution in [0.5, 0.6) is 11.5 Å². The van der Waals surface area contributed by atoms with E-state index in [1.165, 1.54) is 12.8 Å². The molecule has 5 atom stereocenters. The molecule has 42 heavy (non-hydrogen) atoms. The van der Waals surface area contributed by atoms with Crippen LogP contribution in [-0.2, 0) is 39.1 Å². The highest BCUT2D eigenvalue weighted by Gasteiger charge is 2.73. The molecule has 7 nitrogen and oxygen atoms in total. The van der Waals surface area contributed by atoms with Gasteiger partial charge < -0.3 is 19.7 Å². The van der Waals surface area contributed by atoms with Crippen LogP contribution in [0.4, 0.5) is 0 Å². The molecule has 1 aliphatic heterocycles. The number of carbonyl (C=O) groups excluding carboxylic acids is 2. The molecule has 216 valence electrons. The first-order valence-corrected chi connectivity index (χ1v) is 15.3. The van der Waals surface area contributed by atoms with Gasteiger partial charge >= 0.3 is 11.9 Å². The van der Waals surface area contributed by atoms with Crippen LogP contribution in [0.25, 0.3) is 10.8 Å². The Morgan fingerprint density at radius 1 is 0.952 bits per heavy atom. The fourth-order valence-corrected chi connectivity index (χ4v) is 8.96. The summed E-state index contributed by atoms with van der Waals surface area (Å²) in [7, 11) is 0. The van der Waals surface area contributed by atoms with Crippen molar-refractivity contribution in [3.8, 4) is 11.5 Å². The molecule has 4 aliphatic carbocycles. The quantitative estimate of drug-likeness (QED) is 0.303. The third-order valence-electron chi connectivity index (χ3n) is 10.9. The second kappa shape index (κ2) is 9.14. The number of aliphatic hydroxyl groups is 1. The van der Waals surface area contributed by atoms with Gasteiger partial charge in [-0.05, 0) is 83.4 Å². The summed E-state index contributed by atoms with van der Waals surface area (Å²) in [6.45, 7) is 0. The maximum Gasteiger partial charge on any atom is 0.315 e. The zero-order valence-corrected chi connectivity index (χ0v) is 23.4. The number of ether oxygens (including phenoxy) is 2. The molecule has 7 heteroatoms. The van der Waals surface area contributed by atoms with Crippen molar-refractivity contribution in [1.29, 1.82) is 0 Å². The number of hydrogen-bond acceptors (Lipinski definition) is 6. The topological polar surface area (TPSA) is 110 Å². The Labute approximate surface area is 243 Å². The SMILES string of the molecule is O=C(O)Cc1ccc2ccc(CC(=O)Oc3ccc4c5c3O[C@H]3C(=O)CC[C@@]6(O)[C@@H](C4)C(CC4CC4)CC[C@]536)cc2c1. The van der Waals surface area contributed by atoms with E-state index in [0.29, 0.717) is 42.2 Å². The van der Waals surface area contributed by atoms with Gasteiger partial charge in [0, 0.05) is 12.0 Å². The van der Waals surface area contributed by atoms with Crippen molar-refractivity contribution in [2.24, 2.45) is 17.8 Å². The van der Waals surface area contributed by atoms with Crippen molar-refractivity contribution < 1.29 is 34.1 Å². The largest absolute Gasteiger partial charge is 0.481 e. The summed E-state index contributed by atoms with van der Waals surface area (Å²) in [5.41, 5.74) is 1.70. The molecule has 2 N–H and O–H groups in total. The summed E-state index contributed by atoms with van der Waals surface area (Å²) in [6.07, 6.45) is 6.20. The van der Waals surface area contributed by atoms with Gasteiger partial charge in [0.25, 0.3) is 0 Å². The van der Waals surface area contributed by atoms with Crippen LogP contribution >= 0.6 is 0 Å². The molecule has 0 aromatic heterocycles. The Bertz CT molecular complexity index is 1670. The molecule has 0 amide bonds. The number of ketones is 1. The van der Waals surface area contributed by atoms with Gasteiger partial charge in [-0.2, -0.15) is 0 Å². The van der Waals surface area contributed by atoms with Gasteiger partial charge in [0.15, 0.2) is 23.4 Å². The lowest BCUT2D eigenvalue weighted by Gasteiger charge is -2.61. The average molecular weight is 567 g/mol. The number of benzene rings is 3. The van der Waals surface area contributed by atoms with E-state index in [0.717, 1.165) is 52.6 Å². The second-order valence-electron chi connectivity index (χ2n) is 13.3. The predicted molar refractivity (Wildman–Crippen MR) is 154 cm³/mol. The van der Waals surface area contributed by atoms with E-state index >= 15 is 0 Å². The molecule has 0 radical (unpaired) electrons. The Hall–Kier alpha value is -3.71. The van der Waals surface area contributed by atoms with Crippen LogP contribution < -0.4 is 9.47 Å². The van der Waals surface area contributed by atoms with E-state index in [2.05, 4.69) is 0 Å². The van der Waals surface area contributed by atoms with Crippen molar-refractivity contribution in [1.82, 2.24) is 0 Å². The first-order chi connectivity index (χ1) is 20.2. The van der Waals surface area contributed by atoms with Gasteiger partial charge in [-0.1, -0.05) is 55.3 Å². The molecule has 8 rings (SSSR count). The third-order valence-corrected chi connectivity index (χ3v) is 10.9. The second-order valence-corrected chi connectivity index (χ2v) is 13.3. The van der Waals surface area contributed by atoms with E-state index in [1.54, 1.807) is 12.1 Å². The molecule has 3 aromatic carbocycles. The van der Waals surface area contributed by atoms with E-state index in [1.807, 2.05) is 36.4 Å². The van der Waals surface area contributed by atoms with E-state index in [9.17, 15) is 19.5 Å². The van der Waals surface area contributed by atoms with Gasteiger partial charge in [0.1, 0.15) is 0 Å². The highest BCUT2D eigenvalue weighted by molar-refractivity contribution is 5.90.